The van der Waals surface area contributed by atoms with E-state index in [1.165, 1.54) is 6.92 Å². The van der Waals surface area contributed by atoms with Gasteiger partial charge in [-0.3, -0.25) is 8.98 Å². The Kier molecular flexibility index (Phi) is 4.96. The van der Waals surface area contributed by atoms with Crippen molar-refractivity contribution in [3.8, 4) is 0 Å². The molecule has 1 saturated heterocycles. The summed E-state index contributed by atoms with van der Waals surface area (Å²) in [5.74, 6) is -0.405. The van der Waals surface area contributed by atoms with E-state index < -0.39 is 43.2 Å². The van der Waals surface area contributed by atoms with Crippen molar-refractivity contribution in [2.75, 3.05) is 6.61 Å². The zero-order chi connectivity index (χ0) is 12.3. The topological polar surface area (TPSA) is 108 Å². The van der Waals surface area contributed by atoms with Crippen LogP contribution in [0.25, 0.3) is 0 Å². The summed E-state index contributed by atoms with van der Waals surface area (Å²) in [5, 5.41) is 30.6. The fourth-order valence-corrected chi connectivity index (χ4v) is 1.74. The summed E-state index contributed by atoms with van der Waals surface area (Å²) < 4.78 is 9.74. The highest BCUT2D eigenvalue weighted by atomic mass is 32.1. The van der Waals surface area contributed by atoms with Crippen molar-refractivity contribution in [1.82, 2.24) is 5.32 Å². The fraction of sp³-hybridized carbons (Fsp3) is 0.875. The molecule has 94 valence electrons. The van der Waals surface area contributed by atoms with Gasteiger partial charge < -0.3 is 25.4 Å². The van der Waals surface area contributed by atoms with Crippen molar-refractivity contribution in [3.63, 3.8) is 0 Å². The molecule has 1 heterocycles. The van der Waals surface area contributed by atoms with Gasteiger partial charge in [0.15, 0.2) is 6.29 Å². The van der Waals surface area contributed by atoms with Gasteiger partial charge in [0.05, 0.1) is 6.61 Å². The van der Waals surface area contributed by atoms with Gasteiger partial charge in [0.1, 0.15) is 24.4 Å². The number of hydrogen-bond donors (Lipinski definition) is 5. The highest BCUT2D eigenvalue weighted by molar-refractivity contribution is 7.75. The van der Waals surface area contributed by atoms with Gasteiger partial charge in [0.2, 0.25) is 5.91 Å². The van der Waals surface area contributed by atoms with Crippen LogP contribution < -0.4 is 5.32 Å². The summed E-state index contributed by atoms with van der Waals surface area (Å²) in [5.41, 5.74) is 0. The van der Waals surface area contributed by atoms with Crippen LogP contribution in [0.1, 0.15) is 6.92 Å². The van der Waals surface area contributed by atoms with Crippen molar-refractivity contribution in [1.29, 1.82) is 0 Å². The van der Waals surface area contributed by atoms with E-state index in [-0.39, 0.29) is 0 Å². The van der Waals surface area contributed by atoms with E-state index in [0.717, 1.165) is 0 Å². The van der Waals surface area contributed by atoms with Crippen LogP contribution in [-0.2, 0) is 13.7 Å². The van der Waals surface area contributed by atoms with Crippen LogP contribution in [0.2, 0.25) is 0 Å². The summed E-state index contributed by atoms with van der Waals surface area (Å²) in [7, 11) is 0. The summed E-state index contributed by atoms with van der Waals surface area (Å²) in [6.45, 7) is 0.783. The second-order valence-electron chi connectivity index (χ2n) is 3.54. The molecule has 0 saturated carbocycles. The Labute approximate surface area is 98.0 Å². The van der Waals surface area contributed by atoms with E-state index in [0.29, 0.717) is 0 Å². The van der Waals surface area contributed by atoms with Crippen LogP contribution >= 0.6 is 12.9 Å². The SMILES string of the molecule is CC(=O)N[C@H]1[C@H](OS)O[C@H](CO)[C@H](O)[C@@H]1O. The van der Waals surface area contributed by atoms with Gasteiger partial charge in [0, 0.05) is 6.92 Å². The van der Waals surface area contributed by atoms with Crippen molar-refractivity contribution in [3.05, 3.63) is 0 Å². The van der Waals surface area contributed by atoms with Crippen molar-refractivity contribution >= 4 is 18.8 Å². The minimum atomic E-state index is -1.30. The molecular formula is C8H15NO6S. The molecule has 4 N–H and O–H groups in total. The maximum Gasteiger partial charge on any atom is 0.217 e. The normalized spacial score (nSPS) is 39.4. The van der Waals surface area contributed by atoms with Crippen molar-refractivity contribution in [2.24, 2.45) is 0 Å². The van der Waals surface area contributed by atoms with Crippen LogP contribution in [0.15, 0.2) is 0 Å². The lowest BCUT2D eigenvalue weighted by Gasteiger charge is -2.41. The highest BCUT2D eigenvalue weighted by Gasteiger charge is 2.45. The first-order valence-electron chi connectivity index (χ1n) is 4.71. The Morgan fingerprint density at radius 2 is 2.12 bits per heavy atom. The molecule has 0 aliphatic carbocycles. The summed E-state index contributed by atoms with van der Waals surface area (Å²) in [6, 6.07) is -0.937. The minimum absolute atomic E-state index is 0.405. The van der Waals surface area contributed by atoms with Gasteiger partial charge in [-0.15, -0.1) is 0 Å². The van der Waals surface area contributed by atoms with Gasteiger partial charge in [-0.1, -0.05) is 0 Å². The summed E-state index contributed by atoms with van der Waals surface area (Å²) in [4.78, 5) is 10.9. The summed E-state index contributed by atoms with van der Waals surface area (Å²) >= 11 is 3.54. The first kappa shape index (κ1) is 13.7. The maximum atomic E-state index is 10.9. The second kappa shape index (κ2) is 5.80. The van der Waals surface area contributed by atoms with E-state index in [2.05, 4.69) is 22.4 Å². The van der Waals surface area contributed by atoms with Crippen LogP contribution in [0.5, 0.6) is 0 Å². The fourth-order valence-electron chi connectivity index (χ4n) is 1.56. The molecule has 1 amide bonds. The van der Waals surface area contributed by atoms with Gasteiger partial charge in [-0.2, -0.15) is 0 Å². The van der Waals surface area contributed by atoms with Gasteiger partial charge >= 0.3 is 0 Å². The molecule has 1 rings (SSSR count). The van der Waals surface area contributed by atoms with Crippen LogP contribution in [0.3, 0.4) is 0 Å². The number of nitrogens with one attached hydrogen (secondary N) is 1. The zero-order valence-electron chi connectivity index (χ0n) is 8.61. The van der Waals surface area contributed by atoms with Crippen LogP contribution in [-0.4, -0.2) is 58.5 Å². The smallest absolute Gasteiger partial charge is 0.217 e. The van der Waals surface area contributed by atoms with Crippen LogP contribution in [0.4, 0.5) is 0 Å². The molecule has 1 aliphatic heterocycles. The number of thiol groups is 1. The molecule has 0 spiro atoms. The Hall–Kier alpha value is -0.380. The van der Waals surface area contributed by atoms with Crippen molar-refractivity contribution < 1.29 is 29.0 Å². The third kappa shape index (κ3) is 2.84. The number of carbonyl (C=O) groups is 1. The molecule has 0 bridgehead atoms. The average Bonchev–Trinajstić information content (AvgIpc) is 2.25. The number of amides is 1. The number of hydrogen-bond acceptors (Lipinski definition) is 7. The molecule has 16 heavy (non-hydrogen) atoms. The predicted molar refractivity (Wildman–Crippen MR) is 55.4 cm³/mol. The van der Waals surface area contributed by atoms with E-state index in [1.54, 1.807) is 0 Å². The number of aliphatic hydroxyl groups excluding tert-OH is 3. The van der Waals surface area contributed by atoms with E-state index in [1.807, 2.05) is 0 Å². The minimum Gasteiger partial charge on any atom is -0.394 e. The van der Waals surface area contributed by atoms with Gasteiger partial charge in [0.25, 0.3) is 0 Å². The molecule has 8 heteroatoms. The molecular weight excluding hydrogens is 238 g/mol. The number of carbonyl (C=O) groups excluding carboxylic acids is 1. The van der Waals surface area contributed by atoms with Gasteiger partial charge in [-0.25, -0.2) is 0 Å². The number of rotatable bonds is 3. The lowest BCUT2D eigenvalue weighted by Crippen LogP contribution is -2.64. The zero-order valence-corrected chi connectivity index (χ0v) is 9.50. The van der Waals surface area contributed by atoms with E-state index in [9.17, 15) is 15.0 Å². The Bertz CT molecular complexity index is 251. The molecule has 0 aromatic rings. The molecule has 1 aliphatic rings. The van der Waals surface area contributed by atoms with E-state index in [4.69, 9.17) is 9.84 Å². The van der Waals surface area contributed by atoms with Crippen LogP contribution in [0, 0.1) is 0 Å². The third-order valence-electron chi connectivity index (χ3n) is 2.35. The summed E-state index contributed by atoms with van der Waals surface area (Å²) in [6.07, 6.45) is -4.62. The molecule has 1 fully saturated rings. The largest absolute Gasteiger partial charge is 0.394 e. The third-order valence-corrected chi connectivity index (χ3v) is 2.56. The Morgan fingerprint density at radius 3 is 2.56 bits per heavy atom. The van der Waals surface area contributed by atoms with E-state index >= 15 is 0 Å². The molecule has 5 atom stereocenters. The van der Waals surface area contributed by atoms with Gasteiger partial charge in [-0.05, 0) is 12.9 Å². The Morgan fingerprint density at radius 1 is 1.50 bits per heavy atom. The molecule has 0 radical (unpaired) electrons. The lowest BCUT2D eigenvalue weighted by molar-refractivity contribution is -0.240. The lowest BCUT2D eigenvalue weighted by atomic mass is 9.97. The number of ether oxygens (including phenoxy) is 1. The predicted octanol–water partition coefficient (Wildman–Crippen LogP) is -2.21. The first-order chi connectivity index (χ1) is 7.51. The molecule has 0 unspecified atom stereocenters. The molecule has 0 aromatic heterocycles. The maximum absolute atomic E-state index is 10.9. The number of aliphatic hydroxyl groups is 3. The van der Waals surface area contributed by atoms with Crippen molar-refractivity contribution in [2.45, 2.75) is 37.6 Å². The monoisotopic (exact) mass is 253 g/mol. The second-order valence-corrected chi connectivity index (χ2v) is 3.75. The first-order valence-corrected chi connectivity index (χ1v) is 5.07. The molecule has 7 nitrogen and oxygen atoms in total. The average molecular weight is 253 g/mol. The molecule has 0 aromatic carbocycles. The quantitative estimate of drug-likeness (QED) is 0.288. The Balaban J connectivity index is 2.77. The highest BCUT2D eigenvalue weighted by Crippen LogP contribution is 2.22. The standard InChI is InChI=1S/C8H15NO6S/c1-3(11)9-5-7(13)6(12)4(2-10)14-8(5)15-16/h4-8,10,12-13,16H,2H2,1H3,(H,9,11)/t4-,5-,6+,7-,8+/m1/s1.